The third-order valence-electron chi connectivity index (χ3n) is 4.21. The molecule has 0 spiro atoms. The van der Waals surface area contributed by atoms with Crippen molar-refractivity contribution in [1.82, 2.24) is 9.88 Å². The maximum atomic E-state index is 12.5. The molecule has 1 N–H and O–H groups in total. The quantitative estimate of drug-likeness (QED) is 0.790. The van der Waals surface area contributed by atoms with Crippen molar-refractivity contribution < 1.29 is 9.21 Å². The number of nitrogens with zero attached hydrogens (tertiary/aromatic N) is 1. The fourth-order valence-electron chi connectivity index (χ4n) is 3.05. The summed E-state index contributed by atoms with van der Waals surface area (Å²) in [7, 11) is 0. The van der Waals surface area contributed by atoms with Crippen LogP contribution in [0.15, 0.2) is 51.7 Å². The molecular weight excluding hydrogens is 280 g/mol. The molecule has 3 aromatic rings. The second kappa shape index (κ2) is 4.59. The van der Waals surface area contributed by atoms with Gasteiger partial charge in [-0.2, -0.15) is 0 Å². The predicted molar refractivity (Wildman–Crippen MR) is 81.6 cm³/mol. The van der Waals surface area contributed by atoms with Crippen LogP contribution < -0.4 is 5.76 Å². The van der Waals surface area contributed by atoms with E-state index in [0.29, 0.717) is 17.6 Å². The van der Waals surface area contributed by atoms with E-state index in [-0.39, 0.29) is 11.9 Å². The zero-order valence-electron chi connectivity index (χ0n) is 12.0. The molecule has 4 rings (SSSR count). The molecule has 1 aliphatic heterocycles. The Hall–Kier alpha value is -2.82. The zero-order chi connectivity index (χ0) is 15.3. The highest BCUT2D eigenvalue weighted by molar-refractivity contribution is 5.99. The molecule has 0 unspecified atom stereocenters. The molecule has 1 aromatic heterocycles. The minimum Gasteiger partial charge on any atom is -0.408 e. The van der Waals surface area contributed by atoms with Crippen molar-refractivity contribution in [3.63, 3.8) is 0 Å². The van der Waals surface area contributed by atoms with Crippen molar-refractivity contribution in [1.29, 1.82) is 0 Å². The topological polar surface area (TPSA) is 66.3 Å². The standard InChI is InChI=1S/C17H14N2O3/c1-10-12-4-2-3-5-13(12)16(20)19(10)9-11-6-7-14-15(8-11)22-17(21)18-14/h2-8,10H,9H2,1H3,(H,18,21)/t10-/m1/s1. The van der Waals surface area contributed by atoms with Gasteiger partial charge in [0.2, 0.25) is 0 Å². The highest BCUT2D eigenvalue weighted by Crippen LogP contribution is 2.34. The molecule has 2 aromatic carbocycles. The monoisotopic (exact) mass is 294 g/mol. The third kappa shape index (κ3) is 1.86. The summed E-state index contributed by atoms with van der Waals surface area (Å²) in [6, 6.07) is 13.2. The summed E-state index contributed by atoms with van der Waals surface area (Å²) in [5.74, 6) is -0.427. The molecule has 110 valence electrons. The summed E-state index contributed by atoms with van der Waals surface area (Å²) in [6.45, 7) is 2.51. The number of fused-ring (bicyclic) bond motifs is 2. The summed E-state index contributed by atoms with van der Waals surface area (Å²) in [4.78, 5) is 28.2. The molecule has 1 aliphatic rings. The number of H-pyrrole nitrogens is 1. The zero-order valence-corrected chi connectivity index (χ0v) is 12.0. The van der Waals surface area contributed by atoms with Gasteiger partial charge in [-0.05, 0) is 36.2 Å². The van der Waals surface area contributed by atoms with Crippen molar-refractivity contribution >= 4 is 17.0 Å². The van der Waals surface area contributed by atoms with Crippen molar-refractivity contribution in [2.24, 2.45) is 0 Å². The maximum absolute atomic E-state index is 12.5. The number of hydrogen-bond donors (Lipinski definition) is 1. The summed E-state index contributed by atoms with van der Waals surface area (Å²) < 4.78 is 5.07. The first kappa shape index (κ1) is 12.9. The maximum Gasteiger partial charge on any atom is 0.417 e. The fourth-order valence-corrected chi connectivity index (χ4v) is 3.05. The van der Waals surface area contributed by atoms with Crippen molar-refractivity contribution in [2.75, 3.05) is 0 Å². The number of carbonyl (C=O) groups is 1. The molecule has 0 bridgehead atoms. The molecule has 1 atom stereocenters. The van der Waals surface area contributed by atoms with Crippen LogP contribution in [0.4, 0.5) is 0 Å². The summed E-state index contributed by atoms with van der Waals surface area (Å²) in [5.41, 5.74) is 3.94. The molecular formula is C17H14N2O3. The Bertz CT molecular complexity index is 938. The van der Waals surface area contributed by atoms with Gasteiger partial charge in [-0.3, -0.25) is 9.78 Å². The van der Waals surface area contributed by atoms with Gasteiger partial charge in [0.25, 0.3) is 5.91 Å². The number of nitrogens with one attached hydrogen (secondary N) is 1. The molecule has 0 radical (unpaired) electrons. The summed E-state index contributed by atoms with van der Waals surface area (Å²) >= 11 is 0. The van der Waals surface area contributed by atoms with Crippen molar-refractivity contribution in [2.45, 2.75) is 19.5 Å². The second-order valence-electron chi connectivity index (χ2n) is 5.54. The average molecular weight is 294 g/mol. The van der Waals surface area contributed by atoms with Crippen molar-refractivity contribution in [3.8, 4) is 0 Å². The van der Waals surface area contributed by atoms with E-state index in [1.165, 1.54) is 0 Å². The number of oxazole rings is 1. The molecule has 0 saturated heterocycles. The first-order valence-corrected chi connectivity index (χ1v) is 7.15. The van der Waals surface area contributed by atoms with Crippen LogP contribution in [0.1, 0.15) is 34.5 Å². The summed E-state index contributed by atoms with van der Waals surface area (Å²) in [6.07, 6.45) is 0. The Morgan fingerprint density at radius 3 is 2.82 bits per heavy atom. The van der Waals surface area contributed by atoms with Crippen LogP contribution in [0.25, 0.3) is 11.1 Å². The smallest absolute Gasteiger partial charge is 0.408 e. The number of amides is 1. The number of rotatable bonds is 2. The van der Waals surface area contributed by atoms with E-state index >= 15 is 0 Å². The van der Waals surface area contributed by atoms with E-state index in [1.807, 2.05) is 42.2 Å². The van der Waals surface area contributed by atoms with Gasteiger partial charge in [0.15, 0.2) is 5.58 Å². The van der Waals surface area contributed by atoms with Gasteiger partial charge >= 0.3 is 5.76 Å². The van der Waals surface area contributed by atoms with Gasteiger partial charge in [-0.15, -0.1) is 0 Å². The molecule has 22 heavy (non-hydrogen) atoms. The Morgan fingerprint density at radius 1 is 1.18 bits per heavy atom. The van der Waals surface area contributed by atoms with Gasteiger partial charge in [0, 0.05) is 12.1 Å². The van der Waals surface area contributed by atoms with E-state index in [1.54, 1.807) is 12.1 Å². The third-order valence-corrected chi connectivity index (χ3v) is 4.21. The van der Waals surface area contributed by atoms with Crippen LogP contribution in [-0.4, -0.2) is 15.8 Å². The SMILES string of the molecule is C[C@@H]1c2ccccc2C(=O)N1Cc1ccc2[nH]c(=O)oc2c1. The van der Waals surface area contributed by atoms with Crippen LogP contribution in [0, 0.1) is 0 Å². The van der Waals surface area contributed by atoms with Gasteiger partial charge in [0.1, 0.15) is 0 Å². The first-order chi connectivity index (χ1) is 10.6. The van der Waals surface area contributed by atoms with E-state index in [2.05, 4.69) is 4.98 Å². The van der Waals surface area contributed by atoms with Crippen LogP contribution in [-0.2, 0) is 6.54 Å². The largest absolute Gasteiger partial charge is 0.417 e. The molecule has 5 heteroatoms. The minimum absolute atomic E-state index is 0.0395. The minimum atomic E-state index is -0.467. The van der Waals surface area contributed by atoms with Gasteiger partial charge in [-0.25, -0.2) is 4.79 Å². The fraction of sp³-hybridized carbons (Fsp3) is 0.176. The molecule has 0 fully saturated rings. The lowest BCUT2D eigenvalue weighted by Gasteiger charge is -2.22. The molecule has 0 aliphatic carbocycles. The predicted octanol–water partition coefficient (Wildman–Crippen LogP) is 2.84. The van der Waals surface area contributed by atoms with E-state index in [0.717, 1.165) is 16.7 Å². The second-order valence-corrected chi connectivity index (χ2v) is 5.54. The lowest BCUT2D eigenvalue weighted by molar-refractivity contribution is 0.0723. The molecule has 5 nitrogen and oxygen atoms in total. The van der Waals surface area contributed by atoms with Gasteiger partial charge in [0.05, 0.1) is 11.6 Å². The molecule has 2 heterocycles. The number of aromatic amines is 1. The van der Waals surface area contributed by atoms with E-state index in [9.17, 15) is 9.59 Å². The Labute approximate surface area is 126 Å². The Balaban J connectivity index is 1.68. The van der Waals surface area contributed by atoms with Gasteiger partial charge < -0.3 is 9.32 Å². The molecule has 1 amide bonds. The van der Waals surface area contributed by atoms with E-state index < -0.39 is 5.76 Å². The average Bonchev–Trinajstić information content (AvgIpc) is 3.00. The highest BCUT2D eigenvalue weighted by atomic mass is 16.4. The molecule has 0 saturated carbocycles. The van der Waals surface area contributed by atoms with Gasteiger partial charge in [-0.1, -0.05) is 24.3 Å². The normalized spacial score (nSPS) is 17.2. The number of hydrogen-bond acceptors (Lipinski definition) is 3. The number of aromatic nitrogens is 1. The number of benzene rings is 2. The van der Waals surface area contributed by atoms with E-state index in [4.69, 9.17) is 4.42 Å². The lowest BCUT2D eigenvalue weighted by atomic mass is 10.1. The van der Waals surface area contributed by atoms with Crippen LogP contribution in [0.2, 0.25) is 0 Å². The van der Waals surface area contributed by atoms with Crippen molar-refractivity contribution in [3.05, 3.63) is 69.7 Å². The lowest BCUT2D eigenvalue weighted by Crippen LogP contribution is -2.26. The summed E-state index contributed by atoms with van der Waals surface area (Å²) in [5, 5.41) is 0. The number of carbonyl (C=O) groups excluding carboxylic acids is 1. The first-order valence-electron chi connectivity index (χ1n) is 7.15. The Kier molecular flexibility index (Phi) is 2.69. The Morgan fingerprint density at radius 2 is 2.00 bits per heavy atom. The highest BCUT2D eigenvalue weighted by Gasteiger charge is 2.33. The van der Waals surface area contributed by atoms with Crippen LogP contribution in [0.3, 0.4) is 0 Å². The van der Waals surface area contributed by atoms with Crippen LogP contribution in [0.5, 0.6) is 0 Å². The van der Waals surface area contributed by atoms with Crippen LogP contribution >= 0.6 is 0 Å².